The molecule has 1 fully saturated rings. The Labute approximate surface area is 84.6 Å². The molecule has 0 aromatic heterocycles. The number of ether oxygens (including phenoxy) is 2. The number of hydrogen-bond acceptors (Lipinski definition) is 2. The van der Waals surface area contributed by atoms with Gasteiger partial charge in [0.25, 0.3) is 0 Å². The monoisotopic (exact) mass is 238 g/mol. The van der Waals surface area contributed by atoms with Gasteiger partial charge >= 0.3 is 0 Å². The van der Waals surface area contributed by atoms with Gasteiger partial charge in [0, 0.05) is 0 Å². The largest absolute Gasteiger partial charge is 0.346 e. The zero-order valence-corrected chi connectivity index (χ0v) is 8.42. The number of hydrogen-bond donors (Lipinski definition) is 0. The molecule has 66 valence electrons. The molecule has 0 amide bonds. The topological polar surface area (TPSA) is 18.5 Å². The maximum atomic E-state index is 5.50. The summed E-state index contributed by atoms with van der Waals surface area (Å²) in [6.07, 6.45) is -0.964. The molecule has 2 atom stereocenters. The first-order chi connectivity index (χ1) is 5.04. The molecule has 0 aromatic carbocycles. The minimum atomic E-state index is -1.53. The van der Waals surface area contributed by atoms with Gasteiger partial charge in [-0.25, -0.2) is 0 Å². The van der Waals surface area contributed by atoms with Gasteiger partial charge in [-0.05, 0) is 0 Å². The summed E-state index contributed by atoms with van der Waals surface area (Å²) in [5.74, 6) is 0.344. The van der Waals surface area contributed by atoms with Crippen LogP contribution >= 0.6 is 46.4 Å². The predicted octanol–water partition coefficient (Wildman–Crippen LogP) is 2.34. The highest BCUT2D eigenvalue weighted by Gasteiger charge is 2.40. The van der Waals surface area contributed by atoms with Crippen molar-refractivity contribution in [2.45, 2.75) is 16.2 Å². The van der Waals surface area contributed by atoms with Crippen molar-refractivity contribution in [3.05, 3.63) is 0 Å². The fourth-order valence-corrected chi connectivity index (χ4v) is 1.21. The Kier molecular flexibility index (Phi) is 3.57. The van der Waals surface area contributed by atoms with Crippen molar-refractivity contribution in [1.29, 1.82) is 0 Å². The SMILES string of the molecule is ClCC1COC(C(Cl)(Cl)Cl)O1. The zero-order valence-electron chi connectivity index (χ0n) is 5.40. The lowest BCUT2D eigenvalue weighted by molar-refractivity contribution is -0.0499. The first-order valence-electron chi connectivity index (χ1n) is 2.94. The Morgan fingerprint density at radius 3 is 2.27 bits per heavy atom. The molecule has 0 N–H and O–H groups in total. The van der Waals surface area contributed by atoms with Gasteiger partial charge in [0.15, 0.2) is 0 Å². The van der Waals surface area contributed by atoms with E-state index >= 15 is 0 Å². The van der Waals surface area contributed by atoms with Crippen LogP contribution in [0.5, 0.6) is 0 Å². The maximum Gasteiger partial charge on any atom is 0.240 e. The van der Waals surface area contributed by atoms with Crippen molar-refractivity contribution < 1.29 is 9.47 Å². The second-order valence-corrected chi connectivity index (χ2v) is 4.80. The van der Waals surface area contributed by atoms with Gasteiger partial charge in [0.1, 0.15) is 0 Å². The third-order valence-corrected chi connectivity index (χ3v) is 2.07. The van der Waals surface area contributed by atoms with E-state index in [0.29, 0.717) is 12.5 Å². The van der Waals surface area contributed by atoms with Crippen LogP contribution in [0.2, 0.25) is 0 Å². The van der Waals surface area contributed by atoms with E-state index in [9.17, 15) is 0 Å². The van der Waals surface area contributed by atoms with Crippen LogP contribution < -0.4 is 0 Å². The molecule has 1 heterocycles. The summed E-state index contributed by atoms with van der Waals surface area (Å²) < 4.78 is 8.62. The van der Waals surface area contributed by atoms with Crippen LogP contribution in [0.3, 0.4) is 0 Å². The fraction of sp³-hybridized carbons (Fsp3) is 1.00. The summed E-state index contributed by atoms with van der Waals surface area (Å²) in [4.78, 5) is 0. The third kappa shape index (κ3) is 2.79. The summed E-state index contributed by atoms with van der Waals surface area (Å²) in [5.41, 5.74) is 0. The molecular weight excluding hydrogens is 234 g/mol. The van der Waals surface area contributed by atoms with E-state index in [1.54, 1.807) is 0 Å². The van der Waals surface area contributed by atoms with Crippen molar-refractivity contribution in [1.82, 2.24) is 0 Å². The van der Waals surface area contributed by atoms with Crippen LogP contribution in [-0.4, -0.2) is 28.7 Å². The molecule has 0 aliphatic carbocycles. The van der Waals surface area contributed by atoms with Gasteiger partial charge in [-0.15, -0.1) is 11.6 Å². The van der Waals surface area contributed by atoms with Crippen LogP contribution in [0.25, 0.3) is 0 Å². The lowest BCUT2D eigenvalue weighted by Gasteiger charge is -2.17. The standard InChI is InChI=1S/C5H6Cl4O2/c6-1-3-2-10-4(11-3)5(7,8)9/h3-4H,1-2H2. The normalized spacial score (nSPS) is 32.7. The van der Waals surface area contributed by atoms with Crippen LogP contribution in [-0.2, 0) is 9.47 Å². The smallest absolute Gasteiger partial charge is 0.240 e. The van der Waals surface area contributed by atoms with Gasteiger partial charge in [-0.2, -0.15) is 0 Å². The molecule has 0 aromatic rings. The van der Waals surface area contributed by atoms with E-state index in [0.717, 1.165) is 0 Å². The molecule has 1 rings (SSSR count). The minimum Gasteiger partial charge on any atom is -0.346 e. The molecule has 0 saturated carbocycles. The van der Waals surface area contributed by atoms with Crippen LogP contribution in [0.4, 0.5) is 0 Å². The highest BCUT2D eigenvalue weighted by molar-refractivity contribution is 6.67. The molecule has 2 nitrogen and oxygen atoms in total. The summed E-state index contributed by atoms with van der Waals surface area (Å²) >= 11 is 22.0. The van der Waals surface area contributed by atoms with E-state index in [1.165, 1.54) is 0 Å². The van der Waals surface area contributed by atoms with Crippen molar-refractivity contribution in [2.75, 3.05) is 12.5 Å². The molecule has 1 aliphatic heterocycles. The van der Waals surface area contributed by atoms with Gasteiger partial charge < -0.3 is 9.47 Å². The van der Waals surface area contributed by atoms with Gasteiger partial charge in [-0.3, -0.25) is 0 Å². The Hall–Kier alpha value is 1.08. The average molecular weight is 240 g/mol. The van der Waals surface area contributed by atoms with Crippen LogP contribution in [0.15, 0.2) is 0 Å². The maximum absolute atomic E-state index is 5.50. The van der Waals surface area contributed by atoms with Gasteiger partial charge in [0.05, 0.1) is 18.6 Å². The van der Waals surface area contributed by atoms with E-state index < -0.39 is 10.1 Å². The quantitative estimate of drug-likeness (QED) is 0.655. The van der Waals surface area contributed by atoms with E-state index in [1.807, 2.05) is 0 Å². The van der Waals surface area contributed by atoms with Crippen molar-refractivity contribution in [3.63, 3.8) is 0 Å². The molecule has 1 aliphatic rings. The predicted molar refractivity (Wildman–Crippen MR) is 45.6 cm³/mol. The third-order valence-electron chi connectivity index (χ3n) is 1.19. The second-order valence-electron chi connectivity index (χ2n) is 2.12. The number of halogens is 4. The molecule has 0 spiro atoms. The lowest BCUT2D eigenvalue weighted by atomic mass is 10.4. The van der Waals surface area contributed by atoms with E-state index in [4.69, 9.17) is 55.9 Å². The summed E-state index contributed by atoms with van der Waals surface area (Å²) in [7, 11) is 0. The van der Waals surface area contributed by atoms with E-state index in [-0.39, 0.29) is 6.10 Å². The average Bonchev–Trinajstić information content (AvgIpc) is 2.32. The van der Waals surface area contributed by atoms with Crippen molar-refractivity contribution in [3.8, 4) is 0 Å². The Balaban J connectivity index is 2.42. The first-order valence-corrected chi connectivity index (χ1v) is 4.60. The van der Waals surface area contributed by atoms with E-state index in [2.05, 4.69) is 0 Å². The zero-order chi connectivity index (χ0) is 8.48. The summed E-state index contributed by atoms with van der Waals surface area (Å²) in [5, 5.41) is 0. The molecule has 11 heavy (non-hydrogen) atoms. The van der Waals surface area contributed by atoms with Crippen molar-refractivity contribution >= 4 is 46.4 Å². The molecule has 1 saturated heterocycles. The fourth-order valence-electron chi connectivity index (χ4n) is 0.701. The molecule has 2 unspecified atom stereocenters. The Morgan fingerprint density at radius 1 is 1.36 bits per heavy atom. The summed E-state index contributed by atoms with van der Waals surface area (Å²) in [6, 6.07) is 0. The lowest BCUT2D eigenvalue weighted by Crippen LogP contribution is -2.27. The van der Waals surface area contributed by atoms with Crippen LogP contribution in [0, 0.1) is 0 Å². The van der Waals surface area contributed by atoms with Gasteiger partial charge in [-0.1, -0.05) is 34.8 Å². The molecule has 6 heteroatoms. The highest BCUT2D eigenvalue weighted by atomic mass is 35.6. The van der Waals surface area contributed by atoms with Crippen molar-refractivity contribution in [2.24, 2.45) is 0 Å². The summed E-state index contributed by atoms with van der Waals surface area (Å²) in [6.45, 7) is 0.377. The molecule has 0 bridgehead atoms. The minimum absolute atomic E-state index is 0.169. The first kappa shape index (κ1) is 10.2. The Morgan fingerprint density at radius 2 is 2.00 bits per heavy atom. The molecular formula is C5H6Cl4O2. The second kappa shape index (κ2) is 3.86. The number of alkyl halides is 4. The highest BCUT2D eigenvalue weighted by Crippen LogP contribution is 2.36. The Bertz CT molecular complexity index is 135. The van der Waals surface area contributed by atoms with Gasteiger partial charge in [0.2, 0.25) is 10.1 Å². The number of rotatable bonds is 1. The van der Waals surface area contributed by atoms with Crippen LogP contribution in [0.1, 0.15) is 0 Å². The molecule has 0 radical (unpaired) electrons.